The molecule has 1 aliphatic carbocycles. The second-order valence-corrected chi connectivity index (χ2v) is 5.11. The van der Waals surface area contributed by atoms with E-state index in [0.29, 0.717) is 5.92 Å². The average Bonchev–Trinajstić information content (AvgIpc) is 2.52. The first kappa shape index (κ1) is 32.0. The number of hydrogen-bond acceptors (Lipinski definition) is 7. The van der Waals surface area contributed by atoms with E-state index in [4.69, 9.17) is 36.4 Å². The van der Waals surface area contributed by atoms with Crippen molar-refractivity contribution in [3.05, 3.63) is 25.8 Å². The summed E-state index contributed by atoms with van der Waals surface area (Å²) >= 11 is 0. The Morgan fingerprint density at radius 2 is 1.80 bits per heavy atom. The SMILES string of the molecule is C=C.NC(CC(=O)O)C(=O)O.O=[P+]([O-])OO.[CH2-]C1CCCCC1[NH-].[HH].[Pt+2]. The summed E-state index contributed by atoms with van der Waals surface area (Å²) in [5.41, 5.74) is 12.3. The van der Waals surface area contributed by atoms with Crippen LogP contribution in [0.15, 0.2) is 13.2 Å². The Bertz CT molecular complexity index is 372. The molecule has 0 heterocycles. The predicted octanol–water partition coefficient (Wildman–Crippen LogP) is 1.84. The third-order valence-corrected chi connectivity index (χ3v) is 2.82. The Hall–Kier alpha value is -0.732. The van der Waals surface area contributed by atoms with E-state index in [0.717, 1.165) is 6.42 Å². The van der Waals surface area contributed by atoms with Crippen LogP contribution < -0.4 is 10.6 Å². The van der Waals surface area contributed by atoms with Crippen molar-refractivity contribution in [2.75, 3.05) is 0 Å². The van der Waals surface area contributed by atoms with Crippen molar-refractivity contribution in [3.63, 3.8) is 0 Å². The standard InChI is InChI=1S/C7H13N.C4H7NO4.C2H4.HO4P.Pt.H2/c1-6-4-2-3-5-7(6)8;5-2(4(8)9)1-3(6)7;1-2;1-4-5(2)3;;/h6-8H,1-5H2;2H,1,5H2,(H,6,7)(H,8,9);1-2H2;1H;;1H/q-2;;;;+2;. The Morgan fingerprint density at radius 3 is 1.96 bits per heavy atom. The summed E-state index contributed by atoms with van der Waals surface area (Å²) in [4.78, 5) is 28.6. The first-order valence-corrected chi connectivity index (χ1v) is 7.91. The van der Waals surface area contributed by atoms with Gasteiger partial charge in [-0.05, 0) is 4.57 Å². The zero-order valence-electron chi connectivity index (χ0n) is 13.6. The quantitative estimate of drug-likeness (QED) is 0.129. The third-order valence-electron chi connectivity index (χ3n) is 2.69. The zero-order valence-corrected chi connectivity index (χ0v) is 16.8. The van der Waals surface area contributed by atoms with Gasteiger partial charge in [0.05, 0.1) is 6.42 Å². The van der Waals surface area contributed by atoms with E-state index in [1.807, 2.05) is 0 Å². The van der Waals surface area contributed by atoms with Crippen LogP contribution >= 0.6 is 8.25 Å². The van der Waals surface area contributed by atoms with Crippen LogP contribution in [-0.2, 0) is 39.9 Å². The Labute approximate surface area is 163 Å². The van der Waals surface area contributed by atoms with Crippen LogP contribution in [0.2, 0.25) is 0 Å². The first-order chi connectivity index (χ1) is 11.1. The number of hydrogen-bond donors (Lipinski definition) is 4. The molecule has 10 nitrogen and oxygen atoms in total. The maximum absolute atomic E-state index is 9.85. The molecule has 0 aromatic carbocycles. The van der Waals surface area contributed by atoms with Crippen LogP contribution in [0.3, 0.4) is 0 Å². The van der Waals surface area contributed by atoms with E-state index in [1.165, 1.54) is 19.3 Å². The molecule has 25 heavy (non-hydrogen) atoms. The maximum Gasteiger partial charge on any atom is 2.00 e. The van der Waals surface area contributed by atoms with Gasteiger partial charge in [0.2, 0.25) is 0 Å². The molecule has 0 aliphatic heterocycles. The molecule has 12 heteroatoms. The molecule has 0 amide bonds. The molecule has 0 aromatic rings. The molecular formula is C13H27N2O8PPt. The monoisotopic (exact) mass is 565 g/mol. The van der Waals surface area contributed by atoms with Crippen LogP contribution in [0.5, 0.6) is 0 Å². The fourth-order valence-corrected chi connectivity index (χ4v) is 1.48. The second-order valence-electron chi connectivity index (χ2n) is 4.50. The van der Waals surface area contributed by atoms with Gasteiger partial charge in [-0.15, -0.1) is 13.2 Å². The molecule has 0 saturated heterocycles. The van der Waals surface area contributed by atoms with Crippen LogP contribution in [-0.4, -0.2) is 39.5 Å². The number of carboxylic acids is 2. The Balaban J connectivity index is -0.0000000803. The van der Waals surface area contributed by atoms with Crippen LogP contribution in [0.25, 0.3) is 5.73 Å². The van der Waals surface area contributed by atoms with Crippen molar-refractivity contribution in [3.8, 4) is 0 Å². The summed E-state index contributed by atoms with van der Waals surface area (Å²) in [6.07, 6.45) is 4.27. The predicted molar refractivity (Wildman–Crippen MR) is 88.0 cm³/mol. The van der Waals surface area contributed by atoms with Crippen LogP contribution in [0.1, 0.15) is 33.5 Å². The van der Waals surface area contributed by atoms with E-state index >= 15 is 0 Å². The summed E-state index contributed by atoms with van der Waals surface area (Å²) in [5.74, 6) is -2.08. The van der Waals surface area contributed by atoms with Crippen molar-refractivity contribution < 1.29 is 61.7 Å². The van der Waals surface area contributed by atoms with Crippen LogP contribution in [0.4, 0.5) is 0 Å². The number of carbonyl (C=O) groups is 2. The van der Waals surface area contributed by atoms with Gasteiger partial charge >= 0.3 is 41.3 Å². The Kier molecular flexibility index (Phi) is 27.3. The van der Waals surface area contributed by atoms with Crippen molar-refractivity contribution in [2.24, 2.45) is 11.7 Å². The van der Waals surface area contributed by atoms with Gasteiger partial charge in [-0.1, -0.05) is 25.7 Å². The fraction of sp³-hybridized carbons (Fsp3) is 0.615. The molecule has 6 N–H and O–H groups in total. The van der Waals surface area contributed by atoms with Gasteiger partial charge in [0, 0.05) is 6.10 Å². The van der Waals surface area contributed by atoms with E-state index in [-0.39, 0.29) is 28.5 Å². The van der Waals surface area contributed by atoms with E-state index in [1.54, 1.807) is 0 Å². The summed E-state index contributed by atoms with van der Waals surface area (Å²) in [6.45, 7) is 9.89. The number of rotatable bonds is 4. The number of aliphatic carboxylic acids is 2. The largest absolute Gasteiger partial charge is 2.00 e. The van der Waals surface area contributed by atoms with Crippen molar-refractivity contribution in [1.82, 2.24) is 0 Å². The minimum absolute atomic E-state index is 0. The van der Waals surface area contributed by atoms with E-state index in [2.05, 4.69) is 24.8 Å². The van der Waals surface area contributed by atoms with Gasteiger partial charge in [-0.25, -0.2) is 5.26 Å². The molecule has 1 saturated carbocycles. The van der Waals surface area contributed by atoms with Crippen LogP contribution in [0, 0.1) is 12.8 Å². The number of nitrogens with one attached hydrogen (secondary N) is 1. The molecule has 152 valence electrons. The second kappa shape index (κ2) is 21.3. The molecule has 1 fully saturated rings. The van der Waals surface area contributed by atoms with Gasteiger partial charge in [0.15, 0.2) is 0 Å². The topological polar surface area (TPSA) is 194 Å². The normalized spacial score (nSPS) is 19.6. The minimum Gasteiger partial charge on any atom is -0.677 e. The zero-order chi connectivity index (χ0) is 19.7. The molecule has 0 bridgehead atoms. The molecule has 0 radical (unpaired) electrons. The first-order valence-electron chi connectivity index (χ1n) is 6.82. The molecule has 1 rings (SSSR count). The molecule has 4 unspecified atom stereocenters. The summed E-state index contributed by atoms with van der Waals surface area (Å²) < 4.78 is 11.6. The molecular weight excluding hydrogens is 538 g/mol. The molecule has 0 aromatic heterocycles. The molecule has 1 aliphatic rings. The fourth-order valence-electron chi connectivity index (χ4n) is 1.48. The van der Waals surface area contributed by atoms with E-state index < -0.39 is 32.7 Å². The average molecular weight is 565 g/mol. The van der Waals surface area contributed by atoms with Crippen molar-refractivity contribution in [2.45, 2.75) is 44.2 Å². The smallest absolute Gasteiger partial charge is 0.677 e. The summed E-state index contributed by atoms with van der Waals surface area (Å²) in [6, 6.07) is -1.15. The third kappa shape index (κ3) is 25.6. The summed E-state index contributed by atoms with van der Waals surface area (Å²) in [5, 5.41) is 23.1. The molecule has 0 spiro atoms. The van der Waals surface area contributed by atoms with Crippen molar-refractivity contribution >= 4 is 20.2 Å². The minimum atomic E-state index is -3.04. The van der Waals surface area contributed by atoms with Gasteiger partial charge in [-0.3, -0.25) is 9.59 Å². The van der Waals surface area contributed by atoms with Gasteiger partial charge in [0.25, 0.3) is 0 Å². The number of carboxylic acid groups (broad SMARTS) is 2. The number of nitrogens with two attached hydrogens (primary N) is 1. The van der Waals surface area contributed by atoms with Gasteiger partial charge in [0.1, 0.15) is 6.04 Å². The Morgan fingerprint density at radius 1 is 1.40 bits per heavy atom. The van der Waals surface area contributed by atoms with Crippen molar-refractivity contribution in [1.29, 1.82) is 0 Å². The maximum atomic E-state index is 9.85. The molecule has 4 atom stereocenters. The van der Waals surface area contributed by atoms with Gasteiger partial charge in [-0.2, -0.15) is 12.0 Å². The van der Waals surface area contributed by atoms with Gasteiger partial charge < -0.3 is 33.5 Å². The summed E-state index contributed by atoms with van der Waals surface area (Å²) in [7, 11) is -3.04. The van der Waals surface area contributed by atoms with E-state index in [9.17, 15) is 9.59 Å².